The predicted molar refractivity (Wildman–Crippen MR) is 160 cm³/mol. The summed E-state index contributed by atoms with van der Waals surface area (Å²) in [6.45, 7) is 31.5. The van der Waals surface area contributed by atoms with E-state index in [1.165, 1.54) is 61.6 Å². The van der Waals surface area contributed by atoms with Crippen molar-refractivity contribution in [2.45, 2.75) is 150 Å². The maximum atomic E-state index is 3.79. The molecule has 0 aliphatic heterocycles. The summed E-state index contributed by atoms with van der Waals surface area (Å²) >= 11 is 0. The summed E-state index contributed by atoms with van der Waals surface area (Å²) < 4.78 is 0. The van der Waals surface area contributed by atoms with Crippen LogP contribution in [0.15, 0.2) is 24.8 Å². The van der Waals surface area contributed by atoms with E-state index in [-0.39, 0.29) is 14.9 Å². The molecule has 1 aliphatic rings. The third-order valence-corrected chi connectivity index (χ3v) is 4.56. The lowest BCUT2D eigenvalue weighted by molar-refractivity contribution is 0.378. The van der Waals surface area contributed by atoms with Crippen LogP contribution in [-0.2, 0) is 6.42 Å². The van der Waals surface area contributed by atoms with Gasteiger partial charge in [-0.05, 0) is 47.8 Å². The van der Waals surface area contributed by atoms with E-state index in [9.17, 15) is 0 Å². The maximum Gasteiger partial charge on any atom is -0.0260 e. The molecule has 0 unspecified atom stereocenters. The highest BCUT2D eigenvalue weighted by Gasteiger charge is 2.10. The second-order valence-electron chi connectivity index (χ2n) is 8.67. The summed E-state index contributed by atoms with van der Waals surface area (Å²) in [4.78, 5) is 0. The fraction of sp³-hybridized carbons (Fsp3) is 0.750. The Balaban J connectivity index is -0.0000000828. The zero-order valence-electron chi connectivity index (χ0n) is 23.5. The molecular weight excluding hydrogens is 384 g/mol. The third-order valence-electron chi connectivity index (χ3n) is 4.56. The summed E-state index contributed by atoms with van der Waals surface area (Å²) in [6, 6.07) is 6.60. The predicted octanol–water partition coefficient (Wildman–Crippen LogP) is 12.6. The van der Waals surface area contributed by atoms with Gasteiger partial charge < -0.3 is 0 Å². The minimum absolute atomic E-state index is 0. The highest BCUT2D eigenvalue weighted by atomic mass is 14.2. The van der Waals surface area contributed by atoms with E-state index in [1.54, 1.807) is 0 Å². The molecule has 0 radical (unpaired) electrons. The summed E-state index contributed by atoms with van der Waals surface area (Å²) in [5, 5.41) is 0. The first-order chi connectivity index (χ1) is 14.2. The number of rotatable bonds is 4. The second kappa shape index (κ2) is 32.1. The lowest BCUT2D eigenvalue weighted by atomic mass is 9.87. The van der Waals surface area contributed by atoms with Crippen LogP contribution in [-0.4, -0.2) is 0 Å². The normalized spacial score (nSPS) is 10.4. The van der Waals surface area contributed by atoms with Crippen molar-refractivity contribution in [3.63, 3.8) is 0 Å². The number of hydrogen-bond acceptors (Lipinski definition) is 0. The SMILES string of the molecule is C.C.C1CCC1.C=Cc1ccc(CCC(C)(C)C)c(C)c1.CC.CC.CC.CCC(C)C. The van der Waals surface area contributed by atoms with Gasteiger partial charge in [0.15, 0.2) is 0 Å². The van der Waals surface area contributed by atoms with E-state index >= 15 is 0 Å². The molecule has 2 rings (SSSR count). The van der Waals surface area contributed by atoms with Gasteiger partial charge in [0.25, 0.3) is 0 Å². The van der Waals surface area contributed by atoms with E-state index in [0.717, 1.165) is 5.92 Å². The molecule has 1 aromatic rings. The zero-order valence-corrected chi connectivity index (χ0v) is 23.5. The van der Waals surface area contributed by atoms with Gasteiger partial charge in [0, 0.05) is 0 Å². The molecule has 0 N–H and O–H groups in total. The fourth-order valence-electron chi connectivity index (χ4n) is 1.89. The van der Waals surface area contributed by atoms with Crippen molar-refractivity contribution in [2.75, 3.05) is 0 Å². The Labute approximate surface area is 208 Å². The molecule has 1 fully saturated rings. The standard InChI is InChI=1S/C15H22.C5H12.C4H8.3C2H6.2CH4/c1-6-13-7-8-14(12(2)11-13)9-10-15(3,4)5;1-4-5(2)3;1-2-4-3-1;3*1-2;;/h6-8,11H,1,9-10H2,2-5H3;5H,4H2,1-3H3;1-4H2;3*1-2H3;2*1H4. The molecule has 0 spiro atoms. The highest BCUT2D eigenvalue weighted by molar-refractivity contribution is 5.49. The van der Waals surface area contributed by atoms with Gasteiger partial charge in [-0.2, -0.15) is 0 Å². The number of aryl methyl sites for hydroxylation is 2. The minimum Gasteiger partial charge on any atom is -0.0985 e. The molecule has 1 aliphatic carbocycles. The Kier molecular flexibility index (Phi) is 44.8. The van der Waals surface area contributed by atoms with E-state index in [0.29, 0.717) is 5.41 Å². The molecule has 0 amide bonds. The van der Waals surface area contributed by atoms with E-state index < -0.39 is 0 Å². The molecule has 1 saturated carbocycles. The molecule has 32 heavy (non-hydrogen) atoms. The molecule has 0 atom stereocenters. The van der Waals surface area contributed by atoms with Crippen LogP contribution in [0, 0.1) is 18.3 Å². The van der Waals surface area contributed by atoms with Crippen LogP contribution in [0.4, 0.5) is 0 Å². The van der Waals surface area contributed by atoms with Crippen molar-refractivity contribution in [3.8, 4) is 0 Å². The molecule has 1 aromatic carbocycles. The summed E-state index contributed by atoms with van der Waals surface area (Å²) in [5.74, 6) is 0.884. The van der Waals surface area contributed by atoms with Gasteiger partial charge in [0.1, 0.15) is 0 Å². The van der Waals surface area contributed by atoms with Crippen LogP contribution in [0.25, 0.3) is 6.08 Å². The van der Waals surface area contributed by atoms with E-state index in [2.05, 4.69) is 73.2 Å². The van der Waals surface area contributed by atoms with Crippen molar-refractivity contribution in [3.05, 3.63) is 41.5 Å². The average molecular weight is 453 g/mol. The highest BCUT2D eigenvalue weighted by Crippen LogP contribution is 2.23. The molecule has 196 valence electrons. The molecule has 0 heterocycles. The van der Waals surface area contributed by atoms with Gasteiger partial charge in [0.2, 0.25) is 0 Å². The van der Waals surface area contributed by atoms with Gasteiger partial charge >= 0.3 is 0 Å². The number of benzene rings is 1. The van der Waals surface area contributed by atoms with Crippen LogP contribution in [0.2, 0.25) is 0 Å². The van der Waals surface area contributed by atoms with Gasteiger partial charge in [-0.15, -0.1) is 0 Å². The van der Waals surface area contributed by atoms with Gasteiger partial charge in [0.05, 0.1) is 0 Å². The lowest BCUT2D eigenvalue weighted by Crippen LogP contribution is -2.07. The Morgan fingerprint density at radius 2 is 1.25 bits per heavy atom. The molecule has 0 saturated heterocycles. The van der Waals surface area contributed by atoms with Crippen LogP contribution in [0.1, 0.15) is 153 Å². The molecule has 0 bridgehead atoms. The topological polar surface area (TPSA) is 0 Å². The number of hydrogen-bond donors (Lipinski definition) is 0. The smallest absolute Gasteiger partial charge is 0.0260 e. The summed E-state index contributed by atoms with van der Waals surface area (Å²) in [5.41, 5.74) is 4.49. The lowest BCUT2D eigenvalue weighted by Gasteiger charge is -2.18. The van der Waals surface area contributed by atoms with Crippen molar-refractivity contribution < 1.29 is 0 Å². The fourth-order valence-corrected chi connectivity index (χ4v) is 1.89. The molecule has 0 nitrogen and oxygen atoms in total. The zero-order chi connectivity index (χ0) is 24.6. The van der Waals surface area contributed by atoms with Crippen LogP contribution >= 0.6 is 0 Å². The van der Waals surface area contributed by atoms with Crippen LogP contribution < -0.4 is 0 Å². The Bertz CT molecular complexity index is 438. The van der Waals surface area contributed by atoms with Crippen molar-refractivity contribution >= 4 is 6.08 Å². The van der Waals surface area contributed by atoms with Gasteiger partial charge in [-0.1, -0.05) is 161 Å². The quantitative estimate of drug-likeness (QED) is 0.426. The first-order valence-corrected chi connectivity index (χ1v) is 12.9. The largest absolute Gasteiger partial charge is 0.0985 e. The molecular formula is C32H68. The van der Waals surface area contributed by atoms with Crippen LogP contribution in [0.5, 0.6) is 0 Å². The van der Waals surface area contributed by atoms with Crippen molar-refractivity contribution in [1.82, 2.24) is 0 Å². The van der Waals surface area contributed by atoms with Gasteiger partial charge in [-0.3, -0.25) is 0 Å². The van der Waals surface area contributed by atoms with Crippen LogP contribution in [0.3, 0.4) is 0 Å². The Morgan fingerprint density at radius 3 is 1.47 bits per heavy atom. The third kappa shape index (κ3) is 33.6. The Morgan fingerprint density at radius 1 is 0.875 bits per heavy atom. The Hall–Kier alpha value is -1.04. The van der Waals surface area contributed by atoms with Crippen molar-refractivity contribution in [1.29, 1.82) is 0 Å². The summed E-state index contributed by atoms with van der Waals surface area (Å²) in [7, 11) is 0. The first kappa shape index (κ1) is 44.6. The van der Waals surface area contributed by atoms with E-state index in [4.69, 9.17) is 0 Å². The average Bonchev–Trinajstić information content (AvgIpc) is 2.70. The second-order valence-corrected chi connectivity index (χ2v) is 8.67. The maximum absolute atomic E-state index is 3.79. The molecule has 0 heteroatoms. The van der Waals surface area contributed by atoms with E-state index in [1.807, 2.05) is 47.6 Å². The summed E-state index contributed by atoms with van der Waals surface area (Å²) in [6.07, 6.45) is 11.6. The van der Waals surface area contributed by atoms with Gasteiger partial charge in [-0.25, -0.2) is 0 Å². The first-order valence-electron chi connectivity index (χ1n) is 12.9. The molecule has 0 aromatic heterocycles. The van der Waals surface area contributed by atoms with Crippen molar-refractivity contribution in [2.24, 2.45) is 11.3 Å². The monoisotopic (exact) mass is 453 g/mol. The minimum atomic E-state index is 0.